The molecule has 50 valence electrons. The molecule has 0 aliphatic carbocycles. The molecular formula is C6H14FN. The Morgan fingerprint density at radius 3 is 2.12 bits per heavy atom. The minimum Gasteiger partial charge on any atom is -0.328 e. The molecule has 1 nitrogen and oxygen atoms in total. The molecule has 0 saturated heterocycles. The van der Waals surface area contributed by atoms with Crippen molar-refractivity contribution >= 4 is 0 Å². The van der Waals surface area contributed by atoms with Gasteiger partial charge in [0.1, 0.15) is 0 Å². The van der Waals surface area contributed by atoms with E-state index in [1.54, 1.807) is 0 Å². The van der Waals surface area contributed by atoms with Crippen LogP contribution < -0.4 is 5.73 Å². The summed E-state index contributed by atoms with van der Waals surface area (Å²) in [5, 5.41) is 0. The van der Waals surface area contributed by atoms with Crippen molar-refractivity contribution < 1.29 is 4.39 Å². The lowest BCUT2D eigenvalue weighted by Gasteiger charge is -2.07. The third-order valence-corrected chi connectivity index (χ3v) is 1.04. The molecule has 8 heavy (non-hydrogen) atoms. The smallest absolute Gasteiger partial charge is 0.0920 e. The van der Waals surface area contributed by atoms with E-state index in [-0.39, 0.29) is 18.6 Å². The zero-order valence-corrected chi connectivity index (χ0v) is 5.52. The topological polar surface area (TPSA) is 26.0 Å². The summed E-state index contributed by atoms with van der Waals surface area (Å²) in [7, 11) is 0. The monoisotopic (exact) mass is 119 g/mol. The van der Waals surface area contributed by atoms with Crippen molar-refractivity contribution in [3.8, 4) is 0 Å². The van der Waals surface area contributed by atoms with Crippen molar-refractivity contribution in [2.24, 2.45) is 11.7 Å². The first kappa shape index (κ1) is 7.89. The number of nitrogens with two attached hydrogens (primary N) is 1. The summed E-state index contributed by atoms with van der Waals surface area (Å²) in [6.45, 7) is 3.51. The minimum atomic E-state index is -0.248. The molecule has 0 bridgehead atoms. The van der Waals surface area contributed by atoms with Gasteiger partial charge < -0.3 is 5.73 Å². The lowest BCUT2D eigenvalue weighted by Crippen LogP contribution is -2.18. The van der Waals surface area contributed by atoms with Gasteiger partial charge in [-0.2, -0.15) is 0 Å². The van der Waals surface area contributed by atoms with Crippen LogP contribution in [-0.4, -0.2) is 12.7 Å². The zero-order valence-electron chi connectivity index (χ0n) is 5.52. The van der Waals surface area contributed by atoms with Crippen LogP contribution in [0.25, 0.3) is 0 Å². The number of rotatable bonds is 3. The Balaban J connectivity index is 3.10. The molecule has 0 aromatic heterocycles. The van der Waals surface area contributed by atoms with E-state index >= 15 is 0 Å². The second-order valence-electron chi connectivity index (χ2n) is 2.47. The summed E-state index contributed by atoms with van der Waals surface area (Å²) in [6.07, 6.45) is 0.788. The summed E-state index contributed by atoms with van der Waals surface area (Å²) < 4.78 is 11.7. The SMILES string of the molecule is CC(N)CC(C)CF. The molecule has 0 radical (unpaired) electrons. The van der Waals surface area contributed by atoms with Gasteiger partial charge in [0.05, 0.1) is 6.67 Å². The van der Waals surface area contributed by atoms with E-state index in [1.165, 1.54) is 0 Å². The molecule has 0 saturated carbocycles. The van der Waals surface area contributed by atoms with Crippen LogP contribution >= 0.6 is 0 Å². The molecule has 2 unspecified atom stereocenters. The summed E-state index contributed by atoms with van der Waals surface area (Å²) in [5.41, 5.74) is 5.40. The van der Waals surface area contributed by atoms with E-state index in [0.717, 1.165) is 6.42 Å². The van der Waals surface area contributed by atoms with Gasteiger partial charge in [0.25, 0.3) is 0 Å². The van der Waals surface area contributed by atoms with Crippen LogP contribution in [-0.2, 0) is 0 Å². The second kappa shape index (κ2) is 3.84. The van der Waals surface area contributed by atoms with Gasteiger partial charge in [0.2, 0.25) is 0 Å². The highest BCUT2D eigenvalue weighted by Crippen LogP contribution is 2.03. The number of hydrogen-bond acceptors (Lipinski definition) is 1. The Hall–Kier alpha value is -0.110. The van der Waals surface area contributed by atoms with Gasteiger partial charge in [-0.25, -0.2) is 0 Å². The normalized spacial score (nSPS) is 18.0. The van der Waals surface area contributed by atoms with Gasteiger partial charge in [-0.3, -0.25) is 4.39 Å². The number of halogens is 1. The maximum absolute atomic E-state index is 11.7. The summed E-state index contributed by atoms with van der Waals surface area (Å²) >= 11 is 0. The molecule has 0 aliphatic heterocycles. The van der Waals surface area contributed by atoms with Crippen molar-refractivity contribution in [3.63, 3.8) is 0 Å². The van der Waals surface area contributed by atoms with Gasteiger partial charge >= 0.3 is 0 Å². The van der Waals surface area contributed by atoms with Crippen LogP contribution in [0.5, 0.6) is 0 Å². The fraction of sp³-hybridized carbons (Fsp3) is 1.00. The third kappa shape index (κ3) is 4.06. The van der Waals surface area contributed by atoms with Crippen molar-refractivity contribution in [1.82, 2.24) is 0 Å². The first-order chi connectivity index (χ1) is 3.66. The lowest BCUT2D eigenvalue weighted by atomic mass is 10.1. The summed E-state index contributed by atoms with van der Waals surface area (Å²) in [6, 6.07) is 0.140. The highest BCUT2D eigenvalue weighted by Gasteiger charge is 2.02. The molecule has 0 aromatic rings. The van der Waals surface area contributed by atoms with E-state index in [0.29, 0.717) is 0 Å². The van der Waals surface area contributed by atoms with E-state index in [2.05, 4.69) is 0 Å². The molecule has 0 spiro atoms. The lowest BCUT2D eigenvalue weighted by molar-refractivity contribution is 0.351. The average Bonchev–Trinajstić information content (AvgIpc) is 1.65. The van der Waals surface area contributed by atoms with Crippen LogP contribution in [0.15, 0.2) is 0 Å². The summed E-state index contributed by atoms with van der Waals surface area (Å²) in [4.78, 5) is 0. The van der Waals surface area contributed by atoms with Gasteiger partial charge in [-0.15, -0.1) is 0 Å². The van der Waals surface area contributed by atoms with Gasteiger partial charge in [0.15, 0.2) is 0 Å². The molecule has 0 amide bonds. The molecule has 0 rings (SSSR count). The Bertz CT molecular complexity index is 54.5. The second-order valence-corrected chi connectivity index (χ2v) is 2.47. The van der Waals surface area contributed by atoms with Crippen LogP contribution in [0.2, 0.25) is 0 Å². The van der Waals surface area contributed by atoms with Crippen LogP contribution in [0.4, 0.5) is 4.39 Å². The predicted molar refractivity (Wildman–Crippen MR) is 33.4 cm³/mol. The highest BCUT2D eigenvalue weighted by molar-refractivity contribution is 4.58. The fourth-order valence-electron chi connectivity index (χ4n) is 0.698. The number of alkyl halides is 1. The quantitative estimate of drug-likeness (QED) is 0.596. The molecule has 0 heterocycles. The third-order valence-electron chi connectivity index (χ3n) is 1.04. The molecular weight excluding hydrogens is 105 g/mol. The van der Waals surface area contributed by atoms with Crippen molar-refractivity contribution in [1.29, 1.82) is 0 Å². The van der Waals surface area contributed by atoms with Crippen molar-refractivity contribution in [2.75, 3.05) is 6.67 Å². The Labute approximate surface area is 50.1 Å². The first-order valence-corrected chi connectivity index (χ1v) is 2.98. The van der Waals surface area contributed by atoms with E-state index in [9.17, 15) is 4.39 Å². The fourth-order valence-corrected chi connectivity index (χ4v) is 0.698. The molecule has 2 atom stereocenters. The number of hydrogen-bond donors (Lipinski definition) is 1. The molecule has 0 fully saturated rings. The maximum Gasteiger partial charge on any atom is 0.0920 e. The summed E-state index contributed by atoms with van der Waals surface area (Å²) in [5.74, 6) is 0.134. The Kier molecular flexibility index (Phi) is 3.79. The predicted octanol–water partition coefficient (Wildman–Crippen LogP) is 1.33. The maximum atomic E-state index is 11.7. The van der Waals surface area contributed by atoms with Crippen LogP contribution in [0.3, 0.4) is 0 Å². The van der Waals surface area contributed by atoms with E-state index in [1.807, 2.05) is 13.8 Å². The van der Waals surface area contributed by atoms with Gasteiger partial charge in [-0.05, 0) is 19.3 Å². The minimum absolute atomic E-state index is 0.134. The van der Waals surface area contributed by atoms with Gasteiger partial charge in [0, 0.05) is 6.04 Å². The first-order valence-electron chi connectivity index (χ1n) is 2.98. The molecule has 2 N–H and O–H groups in total. The average molecular weight is 119 g/mol. The van der Waals surface area contributed by atoms with Gasteiger partial charge in [-0.1, -0.05) is 6.92 Å². The molecule has 2 heteroatoms. The zero-order chi connectivity index (χ0) is 6.57. The Morgan fingerprint density at radius 1 is 1.50 bits per heavy atom. The molecule has 0 aromatic carbocycles. The van der Waals surface area contributed by atoms with Crippen LogP contribution in [0, 0.1) is 5.92 Å². The van der Waals surface area contributed by atoms with E-state index < -0.39 is 0 Å². The van der Waals surface area contributed by atoms with Crippen LogP contribution in [0.1, 0.15) is 20.3 Å². The standard InChI is InChI=1S/C6H14FN/c1-5(4-7)3-6(2)8/h5-6H,3-4,8H2,1-2H3. The van der Waals surface area contributed by atoms with Crippen molar-refractivity contribution in [2.45, 2.75) is 26.3 Å². The van der Waals surface area contributed by atoms with E-state index in [4.69, 9.17) is 5.73 Å². The molecule has 0 aliphatic rings. The Morgan fingerprint density at radius 2 is 2.00 bits per heavy atom. The largest absolute Gasteiger partial charge is 0.328 e. The van der Waals surface area contributed by atoms with Crippen molar-refractivity contribution in [3.05, 3.63) is 0 Å². The highest BCUT2D eigenvalue weighted by atomic mass is 19.1.